The number of nitrogens with two attached hydrogens (primary N) is 1. The van der Waals surface area contributed by atoms with Crippen molar-refractivity contribution in [1.82, 2.24) is 19.5 Å². The molecule has 2 aromatic heterocycles. The lowest BCUT2D eigenvalue weighted by Crippen LogP contribution is -2.39. The van der Waals surface area contributed by atoms with E-state index in [1.165, 1.54) is 70.4 Å². The molecule has 0 spiro atoms. The molecule has 47 heavy (non-hydrogen) atoms. The maximum Gasteiger partial charge on any atom is 0.354 e. The number of nitrogen functional groups attached to an aromatic ring is 1. The van der Waals surface area contributed by atoms with Crippen molar-refractivity contribution < 1.29 is 48.0 Å². The van der Waals surface area contributed by atoms with Gasteiger partial charge in [0.25, 0.3) is 0 Å². The molecule has 0 saturated carbocycles. The third-order valence-corrected chi connectivity index (χ3v) is 8.94. The number of ether oxygens (including phenoxy) is 3. The Labute approximate surface area is 275 Å². The standard InChI is InChI=1S/C31H50N5O10P/c1-3-4-5-6-7-8-9-10-11-12-13-14-15-16-24(37)43-18-23(28-26(38)27(39)31(40)45-28)46-47(41,42)21-44-22(2)17-36-20-35-25-29(32)33-19-34-30(25)36/h19-20,22-23,28,39-40H,3-18,21H2,1-2H3,(H,41,42)(H2,32,33,34)/t22?,23?,28-/m0/s1. The van der Waals surface area contributed by atoms with Crippen molar-refractivity contribution >= 4 is 36.3 Å². The first kappa shape index (κ1) is 38.2. The van der Waals surface area contributed by atoms with Gasteiger partial charge in [-0.05, 0) is 13.3 Å². The quantitative estimate of drug-likeness (QED) is 0.0600. The lowest BCUT2D eigenvalue weighted by atomic mass is 10.0. The number of hydrogen-bond donors (Lipinski definition) is 4. The Bertz CT molecular complexity index is 1370. The Balaban J connectivity index is 1.40. The Morgan fingerprint density at radius 1 is 1.02 bits per heavy atom. The molecule has 0 saturated heterocycles. The number of unbranched alkanes of at least 4 members (excludes halogenated alkanes) is 12. The van der Waals surface area contributed by atoms with Crippen molar-refractivity contribution in [3.05, 3.63) is 24.4 Å². The lowest BCUT2D eigenvalue weighted by molar-refractivity contribution is -0.151. The number of fused-ring (bicyclic) bond motifs is 1. The van der Waals surface area contributed by atoms with Crippen LogP contribution in [0.15, 0.2) is 24.4 Å². The monoisotopic (exact) mass is 683 g/mol. The Kier molecular flexibility index (Phi) is 15.9. The molecule has 0 aromatic carbocycles. The van der Waals surface area contributed by atoms with E-state index in [0.29, 0.717) is 17.6 Å². The third-order valence-electron chi connectivity index (χ3n) is 7.87. The molecule has 5 N–H and O–H groups in total. The lowest BCUT2D eigenvalue weighted by Gasteiger charge is -2.25. The molecule has 15 nitrogen and oxygen atoms in total. The van der Waals surface area contributed by atoms with Crippen molar-refractivity contribution in [1.29, 1.82) is 0 Å². The van der Waals surface area contributed by atoms with Crippen molar-refractivity contribution in [2.45, 2.75) is 129 Å². The van der Waals surface area contributed by atoms with Gasteiger partial charge in [0.2, 0.25) is 11.5 Å². The fraction of sp³-hybridized carbons (Fsp3) is 0.710. The highest BCUT2D eigenvalue weighted by molar-refractivity contribution is 7.52. The van der Waals surface area contributed by atoms with Crippen LogP contribution >= 0.6 is 7.60 Å². The van der Waals surface area contributed by atoms with Crippen LogP contribution in [0.2, 0.25) is 0 Å². The summed E-state index contributed by atoms with van der Waals surface area (Å²) >= 11 is 0. The van der Waals surface area contributed by atoms with Gasteiger partial charge in [-0.1, -0.05) is 84.0 Å². The van der Waals surface area contributed by atoms with E-state index in [1.807, 2.05) is 0 Å². The number of esters is 1. The zero-order chi connectivity index (χ0) is 34.2. The summed E-state index contributed by atoms with van der Waals surface area (Å²) in [5.74, 6) is -3.56. The van der Waals surface area contributed by atoms with Gasteiger partial charge in [0.05, 0.1) is 19.0 Å². The molecule has 4 atom stereocenters. The fourth-order valence-corrected chi connectivity index (χ4v) is 6.35. The van der Waals surface area contributed by atoms with E-state index in [2.05, 4.69) is 21.9 Å². The number of nitrogens with zero attached hydrogens (tertiary/aromatic N) is 4. The zero-order valence-electron chi connectivity index (χ0n) is 27.4. The SMILES string of the molecule is CCCCCCCCCCCCCCCC(=O)OCC(OP(=O)(O)COC(C)Cn1cnc2c(N)ncnc21)[C@@H]1OC(O)=C(O)C1=O. The predicted molar refractivity (Wildman–Crippen MR) is 173 cm³/mol. The molecule has 1 aliphatic heterocycles. The van der Waals surface area contributed by atoms with Gasteiger partial charge in [-0.25, -0.2) is 15.0 Å². The van der Waals surface area contributed by atoms with Crippen molar-refractivity contribution in [3.63, 3.8) is 0 Å². The molecule has 0 radical (unpaired) electrons. The van der Waals surface area contributed by atoms with E-state index in [0.717, 1.165) is 19.3 Å². The number of aliphatic hydroxyl groups excluding tert-OH is 2. The zero-order valence-corrected chi connectivity index (χ0v) is 28.3. The minimum Gasteiger partial charge on any atom is -0.499 e. The fourth-order valence-electron chi connectivity index (χ4n) is 5.25. The molecule has 0 aliphatic carbocycles. The van der Waals surface area contributed by atoms with Crippen LogP contribution in [-0.4, -0.2) is 77.6 Å². The predicted octanol–water partition coefficient (Wildman–Crippen LogP) is 5.62. The highest BCUT2D eigenvalue weighted by Gasteiger charge is 2.45. The van der Waals surface area contributed by atoms with Gasteiger partial charge in [-0.15, -0.1) is 0 Å². The minimum atomic E-state index is -4.58. The second-order valence-electron chi connectivity index (χ2n) is 11.9. The molecule has 0 fully saturated rings. The smallest absolute Gasteiger partial charge is 0.354 e. The number of anilines is 1. The number of Topliss-reactive ketones (excluding diaryl/α,β-unsaturated/α-hetero) is 1. The summed E-state index contributed by atoms with van der Waals surface area (Å²) in [5, 5.41) is 19.4. The molecule has 3 unspecified atom stereocenters. The largest absolute Gasteiger partial charge is 0.499 e. The first-order valence-corrected chi connectivity index (χ1v) is 18.3. The highest BCUT2D eigenvalue weighted by Crippen LogP contribution is 2.45. The van der Waals surface area contributed by atoms with Gasteiger partial charge in [-0.3, -0.25) is 18.7 Å². The highest BCUT2D eigenvalue weighted by atomic mass is 31.2. The van der Waals surface area contributed by atoms with Gasteiger partial charge >= 0.3 is 19.5 Å². The number of aliphatic hydroxyl groups is 2. The van der Waals surface area contributed by atoms with Crippen molar-refractivity contribution in [2.75, 3.05) is 18.7 Å². The van der Waals surface area contributed by atoms with Crippen LogP contribution in [0.5, 0.6) is 0 Å². The number of carbonyl (C=O) groups is 2. The normalized spacial score (nSPS) is 17.5. The maximum absolute atomic E-state index is 13.0. The molecule has 0 amide bonds. The second kappa shape index (κ2) is 19.5. The molecular weight excluding hydrogens is 633 g/mol. The van der Waals surface area contributed by atoms with E-state index in [4.69, 9.17) is 24.5 Å². The van der Waals surface area contributed by atoms with Crippen LogP contribution in [0.3, 0.4) is 0 Å². The summed E-state index contributed by atoms with van der Waals surface area (Å²) in [6.45, 7) is 3.44. The number of aromatic nitrogens is 4. The third kappa shape index (κ3) is 12.7. The summed E-state index contributed by atoms with van der Waals surface area (Å²) in [6, 6.07) is 0. The molecule has 1 aliphatic rings. The number of ketones is 1. The van der Waals surface area contributed by atoms with Crippen LogP contribution in [0.1, 0.15) is 104 Å². The molecule has 264 valence electrons. The van der Waals surface area contributed by atoms with Crippen LogP contribution < -0.4 is 5.73 Å². The number of hydrogen-bond acceptors (Lipinski definition) is 13. The maximum atomic E-state index is 13.0. The minimum absolute atomic E-state index is 0.121. The first-order valence-electron chi connectivity index (χ1n) is 16.5. The summed E-state index contributed by atoms with van der Waals surface area (Å²) < 4.78 is 35.7. The average molecular weight is 684 g/mol. The van der Waals surface area contributed by atoms with Crippen molar-refractivity contribution in [2.24, 2.45) is 0 Å². The summed E-state index contributed by atoms with van der Waals surface area (Å²) in [5.41, 5.74) is 6.68. The van der Waals surface area contributed by atoms with E-state index in [9.17, 15) is 29.3 Å². The Morgan fingerprint density at radius 3 is 2.23 bits per heavy atom. The molecule has 16 heteroatoms. The van der Waals surface area contributed by atoms with E-state index >= 15 is 0 Å². The van der Waals surface area contributed by atoms with Gasteiger partial charge < -0.3 is 39.6 Å². The van der Waals surface area contributed by atoms with E-state index in [-0.39, 0.29) is 18.8 Å². The van der Waals surface area contributed by atoms with Crippen LogP contribution in [0, 0.1) is 0 Å². The van der Waals surface area contributed by atoms with Crippen LogP contribution in [0.4, 0.5) is 5.82 Å². The average Bonchev–Trinajstić information content (AvgIpc) is 3.56. The molecule has 3 heterocycles. The summed E-state index contributed by atoms with van der Waals surface area (Å²) in [6.07, 6.45) is 13.3. The summed E-state index contributed by atoms with van der Waals surface area (Å²) in [7, 11) is -4.58. The van der Waals surface area contributed by atoms with E-state index in [1.54, 1.807) is 11.5 Å². The van der Waals surface area contributed by atoms with Gasteiger partial charge in [-0.2, -0.15) is 0 Å². The van der Waals surface area contributed by atoms with Gasteiger partial charge in [0.15, 0.2) is 17.6 Å². The Morgan fingerprint density at radius 2 is 1.64 bits per heavy atom. The van der Waals surface area contributed by atoms with Crippen LogP contribution in [0.25, 0.3) is 11.2 Å². The van der Waals surface area contributed by atoms with Crippen molar-refractivity contribution in [3.8, 4) is 0 Å². The molecule has 3 rings (SSSR count). The van der Waals surface area contributed by atoms with E-state index < -0.39 is 62.3 Å². The topological polar surface area (TPSA) is 218 Å². The molecule has 0 bridgehead atoms. The van der Waals surface area contributed by atoms with Gasteiger partial charge in [0.1, 0.15) is 30.9 Å². The number of rotatable bonds is 24. The van der Waals surface area contributed by atoms with Gasteiger partial charge in [0, 0.05) is 6.42 Å². The van der Waals surface area contributed by atoms with Crippen LogP contribution in [-0.2, 0) is 39.4 Å². The Hall–Kier alpha value is -3.26. The summed E-state index contributed by atoms with van der Waals surface area (Å²) in [4.78, 5) is 47.6. The molecular formula is C31H50N5O10P. The first-order chi connectivity index (χ1) is 22.5. The number of carbonyl (C=O) groups excluding carboxylic acids is 2. The molecule has 2 aromatic rings. The number of imidazole rings is 1. The second-order valence-corrected chi connectivity index (χ2v) is 13.7.